The van der Waals surface area contributed by atoms with Crippen molar-refractivity contribution in [1.82, 2.24) is 4.90 Å². The van der Waals surface area contributed by atoms with Crippen molar-refractivity contribution in [2.24, 2.45) is 5.73 Å². The van der Waals surface area contributed by atoms with Crippen LogP contribution in [-0.4, -0.2) is 32.1 Å². The highest BCUT2D eigenvalue weighted by Crippen LogP contribution is 2.26. The van der Waals surface area contributed by atoms with Crippen LogP contribution >= 0.6 is 15.9 Å². The molecule has 0 radical (unpaired) electrons. The number of benzene rings is 1. The first-order valence-corrected chi connectivity index (χ1v) is 6.62. The number of ether oxygens (including phenoxy) is 1. The maximum atomic E-state index is 5.84. The average Bonchev–Trinajstić information content (AvgIpc) is 2.23. The SMILES string of the molecule is C[C@@H](N)c1ccc(OCCCN(C)C)cc1Br. The molecule has 96 valence electrons. The fraction of sp³-hybridized carbons (Fsp3) is 0.538. The van der Waals surface area contributed by atoms with E-state index < -0.39 is 0 Å². The van der Waals surface area contributed by atoms with Crippen molar-refractivity contribution in [3.05, 3.63) is 28.2 Å². The van der Waals surface area contributed by atoms with Gasteiger partial charge >= 0.3 is 0 Å². The number of hydrogen-bond acceptors (Lipinski definition) is 3. The lowest BCUT2D eigenvalue weighted by molar-refractivity contribution is 0.281. The molecule has 0 spiro atoms. The van der Waals surface area contributed by atoms with E-state index >= 15 is 0 Å². The minimum absolute atomic E-state index is 0.0344. The second kappa shape index (κ2) is 6.99. The van der Waals surface area contributed by atoms with Gasteiger partial charge in [0.1, 0.15) is 5.75 Å². The Labute approximate surface area is 112 Å². The van der Waals surface area contributed by atoms with Crippen LogP contribution in [0.4, 0.5) is 0 Å². The number of nitrogens with two attached hydrogens (primary N) is 1. The summed E-state index contributed by atoms with van der Waals surface area (Å²) in [5, 5.41) is 0. The van der Waals surface area contributed by atoms with Crippen LogP contribution in [-0.2, 0) is 0 Å². The molecular weight excluding hydrogens is 280 g/mol. The Balaban J connectivity index is 2.47. The lowest BCUT2D eigenvalue weighted by Crippen LogP contribution is -2.15. The molecule has 0 fully saturated rings. The summed E-state index contributed by atoms with van der Waals surface area (Å²) >= 11 is 3.51. The molecule has 1 aromatic rings. The molecule has 0 saturated carbocycles. The van der Waals surface area contributed by atoms with Gasteiger partial charge in [-0.1, -0.05) is 22.0 Å². The van der Waals surface area contributed by atoms with Gasteiger partial charge in [-0.25, -0.2) is 0 Å². The molecule has 3 nitrogen and oxygen atoms in total. The van der Waals surface area contributed by atoms with E-state index in [2.05, 4.69) is 34.9 Å². The highest BCUT2D eigenvalue weighted by atomic mass is 79.9. The van der Waals surface area contributed by atoms with E-state index in [1.54, 1.807) is 0 Å². The van der Waals surface area contributed by atoms with Crippen LogP contribution in [0.1, 0.15) is 24.9 Å². The highest BCUT2D eigenvalue weighted by Gasteiger charge is 2.06. The molecule has 0 aliphatic heterocycles. The lowest BCUT2D eigenvalue weighted by Gasteiger charge is -2.12. The molecule has 4 heteroatoms. The first kappa shape index (κ1) is 14.5. The molecule has 2 N–H and O–H groups in total. The zero-order valence-corrected chi connectivity index (χ0v) is 12.3. The van der Waals surface area contributed by atoms with E-state index in [1.807, 2.05) is 25.1 Å². The largest absolute Gasteiger partial charge is 0.494 e. The molecule has 0 aliphatic rings. The topological polar surface area (TPSA) is 38.5 Å². The molecular formula is C13H21BrN2O. The van der Waals surface area contributed by atoms with Gasteiger partial charge in [0.15, 0.2) is 0 Å². The van der Waals surface area contributed by atoms with Gasteiger partial charge in [0, 0.05) is 17.1 Å². The molecule has 0 heterocycles. The zero-order valence-electron chi connectivity index (χ0n) is 10.7. The van der Waals surface area contributed by atoms with Crippen LogP contribution in [0.5, 0.6) is 5.75 Å². The van der Waals surface area contributed by atoms with Gasteiger partial charge in [0.2, 0.25) is 0 Å². The molecule has 1 rings (SSSR count). The van der Waals surface area contributed by atoms with Gasteiger partial charge < -0.3 is 15.4 Å². The van der Waals surface area contributed by atoms with E-state index in [4.69, 9.17) is 10.5 Å². The number of nitrogens with zero attached hydrogens (tertiary/aromatic N) is 1. The molecule has 0 bridgehead atoms. The minimum Gasteiger partial charge on any atom is -0.494 e. The Morgan fingerprint density at radius 1 is 1.41 bits per heavy atom. The van der Waals surface area contributed by atoms with E-state index in [0.717, 1.165) is 35.4 Å². The average molecular weight is 301 g/mol. The van der Waals surface area contributed by atoms with Crippen molar-refractivity contribution in [1.29, 1.82) is 0 Å². The summed E-state index contributed by atoms with van der Waals surface area (Å²) in [6, 6.07) is 6.00. The number of hydrogen-bond donors (Lipinski definition) is 1. The molecule has 17 heavy (non-hydrogen) atoms. The van der Waals surface area contributed by atoms with E-state index in [0.29, 0.717) is 0 Å². The first-order valence-electron chi connectivity index (χ1n) is 5.83. The molecule has 0 aromatic heterocycles. The first-order chi connectivity index (χ1) is 8.00. The predicted octanol–water partition coefficient (Wildman–Crippen LogP) is 2.80. The quantitative estimate of drug-likeness (QED) is 0.821. The third-order valence-electron chi connectivity index (χ3n) is 2.48. The number of rotatable bonds is 6. The summed E-state index contributed by atoms with van der Waals surface area (Å²) in [6.07, 6.45) is 1.03. The molecule has 1 aromatic carbocycles. The van der Waals surface area contributed by atoms with Crippen molar-refractivity contribution in [2.45, 2.75) is 19.4 Å². The maximum absolute atomic E-state index is 5.84. The van der Waals surface area contributed by atoms with Crippen molar-refractivity contribution in [3.8, 4) is 5.75 Å². The highest BCUT2D eigenvalue weighted by molar-refractivity contribution is 9.10. The second-order valence-electron chi connectivity index (χ2n) is 4.48. The third-order valence-corrected chi connectivity index (χ3v) is 3.17. The van der Waals surface area contributed by atoms with Gasteiger partial charge in [-0.3, -0.25) is 0 Å². The van der Waals surface area contributed by atoms with Crippen molar-refractivity contribution in [2.75, 3.05) is 27.2 Å². The van der Waals surface area contributed by atoms with Crippen LogP contribution in [0.2, 0.25) is 0 Å². The standard InChI is InChI=1S/C13H21BrN2O/c1-10(15)12-6-5-11(9-13(12)14)17-8-4-7-16(2)3/h5-6,9-10H,4,7-8,15H2,1-3H3/t10-/m1/s1. The molecule has 0 amide bonds. The predicted molar refractivity (Wildman–Crippen MR) is 75.4 cm³/mol. The second-order valence-corrected chi connectivity index (χ2v) is 5.33. The fourth-order valence-corrected chi connectivity index (χ4v) is 2.26. The van der Waals surface area contributed by atoms with Gasteiger partial charge in [-0.05, 0) is 45.1 Å². The van der Waals surface area contributed by atoms with Gasteiger partial charge in [0.05, 0.1) is 6.61 Å². The Kier molecular flexibility index (Phi) is 5.95. The summed E-state index contributed by atoms with van der Waals surface area (Å²) < 4.78 is 6.69. The van der Waals surface area contributed by atoms with Crippen LogP contribution in [0.25, 0.3) is 0 Å². The van der Waals surface area contributed by atoms with E-state index in [1.165, 1.54) is 0 Å². The van der Waals surface area contributed by atoms with Crippen LogP contribution in [0.3, 0.4) is 0 Å². The smallest absolute Gasteiger partial charge is 0.120 e. The third kappa shape index (κ3) is 5.06. The Bertz CT molecular complexity index is 353. The van der Waals surface area contributed by atoms with Gasteiger partial charge in [-0.15, -0.1) is 0 Å². The van der Waals surface area contributed by atoms with Crippen molar-refractivity contribution < 1.29 is 4.74 Å². The van der Waals surface area contributed by atoms with Crippen LogP contribution < -0.4 is 10.5 Å². The van der Waals surface area contributed by atoms with E-state index in [-0.39, 0.29) is 6.04 Å². The van der Waals surface area contributed by atoms with Crippen molar-refractivity contribution >= 4 is 15.9 Å². The molecule has 0 aliphatic carbocycles. The Hall–Kier alpha value is -0.580. The van der Waals surface area contributed by atoms with Crippen LogP contribution in [0, 0.1) is 0 Å². The summed E-state index contributed by atoms with van der Waals surface area (Å²) in [4.78, 5) is 2.15. The zero-order chi connectivity index (χ0) is 12.8. The summed E-state index contributed by atoms with van der Waals surface area (Å²) in [7, 11) is 4.13. The summed E-state index contributed by atoms with van der Waals surface area (Å²) in [6.45, 7) is 3.75. The Morgan fingerprint density at radius 2 is 2.12 bits per heavy atom. The van der Waals surface area contributed by atoms with E-state index in [9.17, 15) is 0 Å². The monoisotopic (exact) mass is 300 g/mol. The van der Waals surface area contributed by atoms with Gasteiger partial charge in [0.25, 0.3) is 0 Å². The fourth-order valence-electron chi connectivity index (χ4n) is 1.54. The summed E-state index contributed by atoms with van der Waals surface area (Å²) in [5.41, 5.74) is 6.95. The number of halogens is 1. The van der Waals surface area contributed by atoms with Crippen molar-refractivity contribution in [3.63, 3.8) is 0 Å². The molecule has 0 unspecified atom stereocenters. The maximum Gasteiger partial charge on any atom is 0.120 e. The Morgan fingerprint density at radius 3 is 2.65 bits per heavy atom. The normalized spacial score (nSPS) is 12.8. The van der Waals surface area contributed by atoms with Gasteiger partial charge in [-0.2, -0.15) is 0 Å². The minimum atomic E-state index is 0.0344. The lowest BCUT2D eigenvalue weighted by atomic mass is 10.1. The molecule has 0 saturated heterocycles. The molecule has 1 atom stereocenters. The summed E-state index contributed by atoms with van der Waals surface area (Å²) in [5.74, 6) is 0.889. The van der Waals surface area contributed by atoms with Crippen LogP contribution in [0.15, 0.2) is 22.7 Å².